The zero-order valence-corrected chi connectivity index (χ0v) is 22.7. The number of amides is 2. The number of hydrogen-bond donors (Lipinski definition) is 1. The lowest BCUT2D eigenvalue weighted by Gasteiger charge is -2.44. The van der Waals surface area contributed by atoms with Crippen LogP contribution in [0.1, 0.15) is 12.5 Å². The van der Waals surface area contributed by atoms with Crippen LogP contribution in [0.4, 0.5) is 4.79 Å². The maximum Gasteiger partial charge on any atom is 0.414 e. The van der Waals surface area contributed by atoms with Crippen LogP contribution in [0, 0.1) is 6.57 Å². The molecule has 0 radical (unpaired) electrons. The van der Waals surface area contributed by atoms with E-state index >= 15 is 0 Å². The van der Waals surface area contributed by atoms with Gasteiger partial charge in [-0.05, 0) is 29.5 Å². The van der Waals surface area contributed by atoms with Gasteiger partial charge < -0.3 is 19.5 Å². The minimum atomic E-state index is -1.84. The van der Waals surface area contributed by atoms with E-state index in [1.165, 1.54) is 6.92 Å². The van der Waals surface area contributed by atoms with Gasteiger partial charge >= 0.3 is 17.4 Å². The van der Waals surface area contributed by atoms with Crippen LogP contribution in [0.2, 0.25) is 0 Å². The molecule has 14 heteroatoms. The lowest BCUT2D eigenvalue weighted by molar-refractivity contribution is -0.163. The molecule has 2 amide bonds. The van der Waals surface area contributed by atoms with E-state index in [4.69, 9.17) is 55.6 Å². The lowest BCUT2D eigenvalue weighted by Crippen LogP contribution is -2.72. The number of β-lactam (4-membered cyclic amide) rings is 1. The fraction of sp³-hybridized carbons (Fsp3) is 0.292. The van der Waals surface area contributed by atoms with Gasteiger partial charge in [0, 0.05) is 13.0 Å². The van der Waals surface area contributed by atoms with E-state index < -0.39 is 51.1 Å². The summed E-state index contributed by atoms with van der Waals surface area (Å²) in [5, 5.41) is 0.350. The fourth-order valence-electron chi connectivity index (χ4n) is 3.21. The van der Waals surface area contributed by atoms with Crippen molar-refractivity contribution in [3.05, 3.63) is 71.6 Å². The number of thioether (sulfide) groups is 1. The smallest absolute Gasteiger partial charge is 0.414 e. The van der Waals surface area contributed by atoms with E-state index in [1.807, 2.05) is 24.3 Å². The van der Waals surface area contributed by atoms with E-state index in [2.05, 4.69) is 10.2 Å². The van der Waals surface area contributed by atoms with Crippen molar-refractivity contribution in [1.29, 1.82) is 0 Å². The van der Waals surface area contributed by atoms with Crippen molar-refractivity contribution < 1.29 is 33.4 Å². The Morgan fingerprint density at radius 1 is 1.13 bits per heavy atom. The van der Waals surface area contributed by atoms with Gasteiger partial charge in [-0.1, -0.05) is 71.2 Å². The number of alkyl halides is 3. The number of carbonyl (C=O) groups excluding carboxylic acids is 4. The maximum atomic E-state index is 12.5. The normalized spacial score (nSPS) is 17.7. The Kier molecular flexibility index (Phi) is 10.1. The van der Waals surface area contributed by atoms with Crippen LogP contribution in [0.25, 0.3) is 4.85 Å². The zero-order chi connectivity index (χ0) is 27.9. The van der Waals surface area contributed by atoms with E-state index in [-0.39, 0.29) is 6.61 Å². The number of benzene rings is 2. The summed E-state index contributed by atoms with van der Waals surface area (Å²) in [7, 11) is 0. The van der Waals surface area contributed by atoms with Crippen molar-refractivity contribution in [1.82, 2.24) is 10.2 Å². The molecule has 1 saturated heterocycles. The molecule has 0 aliphatic carbocycles. The second-order valence-corrected chi connectivity index (χ2v) is 11.3. The summed E-state index contributed by atoms with van der Waals surface area (Å²) in [4.78, 5) is 52.5. The minimum Gasteiger partial charge on any atom is -0.457 e. The van der Waals surface area contributed by atoms with Crippen LogP contribution >= 0.6 is 46.6 Å². The molecule has 3 aliphatic heterocycles. The topological polar surface area (TPSA) is 116 Å². The number of rotatable bonds is 7. The highest BCUT2D eigenvalue weighted by molar-refractivity contribution is 8.13. The predicted octanol–water partition coefficient (Wildman–Crippen LogP) is 4.68. The molecule has 3 aliphatic rings. The number of ether oxygens (including phenoxy) is 3. The first-order valence-electron chi connectivity index (χ1n) is 10.8. The van der Waals surface area contributed by atoms with Gasteiger partial charge in [-0.2, -0.15) is 0 Å². The number of halogens is 3. The maximum absolute atomic E-state index is 12.5. The molecule has 0 spiro atoms. The lowest BCUT2D eigenvalue weighted by atomic mass is 10.1. The van der Waals surface area contributed by atoms with Gasteiger partial charge in [-0.25, -0.2) is 21.1 Å². The molecule has 2 bridgehead atoms. The molecule has 0 aromatic heterocycles. The summed E-state index contributed by atoms with van der Waals surface area (Å²) >= 11 is 17.1. The second kappa shape index (κ2) is 13.1. The molecule has 3 atom stereocenters. The SMILES string of the molecule is [C-]#[N+]C(C(=O)OCc1ccccc1)N1C(=O)C(NC(C)=O)C1SC(=O)OCC(Cl)(Cl)Cl.c1cc2cc(c1)O2. The molecule has 200 valence electrons. The van der Waals surface area contributed by atoms with E-state index in [0.717, 1.165) is 16.4 Å². The first kappa shape index (κ1) is 29.4. The van der Waals surface area contributed by atoms with Gasteiger partial charge in [0.25, 0.3) is 5.91 Å². The molecule has 1 N–H and O–H groups in total. The average molecular weight is 601 g/mol. The highest BCUT2D eigenvalue weighted by atomic mass is 35.6. The number of esters is 1. The Morgan fingerprint density at radius 3 is 2.24 bits per heavy atom. The van der Waals surface area contributed by atoms with Gasteiger partial charge in [0.05, 0.1) is 0 Å². The first-order valence-corrected chi connectivity index (χ1v) is 12.8. The van der Waals surface area contributed by atoms with Gasteiger partial charge in [0.15, 0.2) is 0 Å². The van der Waals surface area contributed by atoms with Crippen LogP contribution in [-0.4, -0.2) is 56.0 Å². The molecule has 10 nitrogen and oxygen atoms in total. The van der Waals surface area contributed by atoms with Crippen LogP contribution in [0.3, 0.4) is 0 Å². The fourth-order valence-corrected chi connectivity index (χ4v) is 4.35. The average Bonchev–Trinajstić information content (AvgIpc) is 2.87. The van der Waals surface area contributed by atoms with Crippen LogP contribution in [0.15, 0.2) is 54.6 Å². The zero-order valence-electron chi connectivity index (χ0n) is 19.6. The predicted molar refractivity (Wildman–Crippen MR) is 141 cm³/mol. The molecular formula is C24H20Cl3N3O7S. The monoisotopic (exact) mass is 599 g/mol. The van der Waals surface area contributed by atoms with Crippen molar-refractivity contribution in [2.45, 2.75) is 34.9 Å². The summed E-state index contributed by atoms with van der Waals surface area (Å²) < 4.78 is 13.1. The largest absolute Gasteiger partial charge is 0.457 e. The van der Waals surface area contributed by atoms with E-state index in [1.54, 1.807) is 30.3 Å². The molecule has 38 heavy (non-hydrogen) atoms. The number of carbonyl (C=O) groups is 4. The number of fused-ring (bicyclic) bond motifs is 2. The van der Waals surface area contributed by atoms with Gasteiger partial charge in [-0.15, -0.1) is 0 Å². The third-order valence-electron chi connectivity index (χ3n) is 4.87. The van der Waals surface area contributed by atoms with Crippen molar-refractivity contribution in [2.24, 2.45) is 0 Å². The molecular weight excluding hydrogens is 581 g/mol. The standard InChI is InChI=1S/C18H16Cl3N3O6S.C6H4O/c1-10(25)23-12-14(26)24(15(12)31-17(28)30-9-18(19,20)21)13(22-2)16(27)29-8-11-6-4-3-5-7-11;1-2-5-4-6(3-1)7-5/h3-7,12-13,15H,8-9H2,1H3,(H,23,25);1-4H. The van der Waals surface area contributed by atoms with Crippen molar-refractivity contribution >= 4 is 69.6 Å². The Hall–Kier alpha value is -3.17. The third-order valence-corrected chi connectivity index (χ3v) is 6.25. The Balaban J connectivity index is 0.000000483. The first-order chi connectivity index (χ1) is 18.0. The van der Waals surface area contributed by atoms with E-state index in [9.17, 15) is 19.2 Å². The summed E-state index contributed by atoms with van der Waals surface area (Å²) in [6.45, 7) is 7.86. The van der Waals surface area contributed by atoms with Crippen LogP contribution in [-0.2, 0) is 30.5 Å². The van der Waals surface area contributed by atoms with Crippen molar-refractivity contribution in [3.8, 4) is 11.5 Å². The number of likely N-dealkylation sites (tertiary alicyclic amines) is 1. The van der Waals surface area contributed by atoms with Crippen LogP contribution in [0.5, 0.6) is 11.5 Å². The highest BCUT2D eigenvalue weighted by Gasteiger charge is 2.57. The third kappa shape index (κ3) is 8.16. The van der Waals surface area contributed by atoms with Crippen molar-refractivity contribution in [3.63, 3.8) is 0 Å². The molecule has 0 saturated carbocycles. The van der Waals surface area contributed by atoms with Crippen molar-refractivity contribution in [2.75, 3.05) is 6.61 Å². The number of nitrogens with one attached hydrogen (secondary N) is 1. The molecule has 3 heterocycles. The quantitative estimate of drug-likeness (QED) is 0.180. The molecule has 5 rings (SSSR count). The molecule has 2 aromatic rings. The minimum absolute atomic E-state index is 0.105. The molecule has 2 aromatic carbocycles. The molecule has 1 fully saturated rings. The van der Waals surface area contributed by atoms with E-state index in [0.29, 0.717) is 17.3 Å². The number of hydrogen-bond acceptors (Lipinski definition) is 8. The summed E-state index contributed by atoms with van der Waals surface area (Å²) in [5.41, 5.74) is 0.687. The summed E-state index contributed by atoms with van der Waals surface area (Å²) in [6.07, 6.45) is -1.65. The highest BCUT2D eigenvalue weighted by Crippen LogP contribution is 2.35. The van der Waals surface area contributed by atoms with Crippen LogP contribution < -0.4 is 10.1 Å². The Morgan fingerprint density at radius 2 is 1.76 bits per heavy atom. The van der Waals surface area contributed by atoms with Gasteiger partial charge in [0.2, 0.25) is 9.70 Å². The van der Waals surface area contributed by atoms with Gasteiger partial charge in [0.1, 0.15) is 36.1 Å². The summed E-state index contributed by atoms with van der Waals surface area (Å²) in [5.74, 6) is -0.271. The Labute approximate surface area is 237 Å². The van der Waals surface area contributed by atoms with Gasteiger partial charge in [-0.3, -0.25) is 14.4 Å². The second-order valence-electron chi connectivity index (χ2n) is 7.76. The molecule has 3 unspecified atom stereocenters. The summed E-state index contributed by atoms with van der Waals surface area (Å²) in [6, 6.07) is 15.5. The number of nitrogens with zero attached hydrogens (tertiary/aromatic N) is 2. The Bertz CT molecular complexity index is 1210.